The molecule has 2 heteroatoms. The van der Waals surface area contributed by atoms with Gasteiger partial charge < -0.3 is 10.6 Å². The average Bonchev–Trinajstić information content (AvgIpc) is 2.02. The monoisotopic (exact) mass is 146 g/mol. The van der Waals surface area contributed by atoms with E-state index < -0.39 is 0 Å². The quantitative estimate of drug-likeness (QED) is 0.570. The van der Waals surface area contributed by atoms with Gasteiger partial charge in [0.05, 0.1) is 0 Å². The topological polar surface area (TPSA) is 24.1 Å². The van der Waals surface area contributed by atoms with Crippen LogP contribution in [0.3, 0.4) is 0 Å². The predicted molar refractivity (Wildman–Crippen MR) is 48.4 cm³/mol. The summed E-state index contributed by atoms with van der Waals surface area (Å²) in [7, 11) is 0. The average molecular weight is 146 g/mol. The Bertz CT molecular complexity index is 32.2. The second-order valence-electron chi connectivity index (χ2n) is 1.71. The van der Waals surface area contributed by atoms with E-state index in [1.165, 1.54) is 0 Å². The van der Waals surface area contributed by atoms with Crippen molar-refractivity contribution in [2.75, 3.05) is 26.2 Å². The molecule has 2 nitrogen and oxygen atoms in total. The third-order valence-corrected chi connectivity index (χ3v) is 0.979. The summed E-state index contributed by atoms with van der Waals surface area (Å²) < 4.78 is 0. The van der Waals surface area contributed by atoms with E-state index >= 15 is 0 Å². The van der Waals surface area contributed by atoms with Gasteiger partial charge >= 0.3 is 0 Å². The van der Waals surface area contributed by atoms with E-state index in [1.807, 2.05) is 13.8 Å². The zero-order valence-corrected chi connectivity index (χ0v) is 7.83. The normalized spacial score (nSPS) is 8.40. The SMILES string of the molecule is CC.CCNCCNCC. The molecule has 0 aliphatic carbocycles. The Morgan fingerprint density at radius 2 is 1.10 bits per heavy atom. The summed E-state index contributed by atoms with van der Waals surface area (Å²) in [5.74, 6) is 0. The first-order chi connectivity index (χ1) is 4.91. The molecule has 0 aromatic carbocycles. The van der Waals surface area contributed by atoms with Crippen LogP contribution in [-0.4, -0.2) is 26.2 Å². The lowest BCUT2D eigenvalue weighted by atomic mass is 10.6. The van der Waals surface area contributed by atoms with Gasteiger partial charge in [-0.05, 0) is 13.1 Å². The molecule has 0 fully saturated rings. The van der Waals surface area contributed by atoms with E-state index in [1.54, 1.807) is 0 Å². The van der Waals surface area contributed by atoms with E-state index in [2.05, 4.69) is 24.5 Å². The number of likely N-dealkylation sites (N-methyl/N-ethyl adjacent to an activating group) is 2. The molecular formula is C8H22N2. The molecular weight excluding hydrogens is 124 g/mol. The third-order valence-electron chi connectivity index (χ3n) is 0.979. The highest BCUT2D eigenvalue weighted by molar-refractivity contribution is 4.45. The first-order valence-corrected chi connectivity index (χ1v) is 4.33. The van der Waals surface area contributed by atoms with Crippen LogP contribution in [-0.2, 0) is 0 Å². The predicted octanol–water partition coefficient (Wildman–Crippen LogP) is 1.23. The van der Waals surface area contributed by atoms with Crippen LogP contribution in [0.1, 0.15) is 27.7 Å². The van der Waals surface area contributed by atoms with Crippen LogP contribution in [0.15, 0.2) is 0 Å². The lowest BCUT2D eigenvalue weighted by Crippen LogP contribution is -2.26. The van der Waals surface area contributed by atoms with E-state index in [4.69, 9.17) is 0 Å². The number of rotatable bonds is 5. The van der Waals surface area contributed by atoms with Crippen LogP contribution in [0.2, 0.25) is 0 Å². The Hall–Kier alpha value is -0.0800. The zero-order chi connectivity index (χ0) is 8.24. The van der Waals surface area contributed by atoms with Gasteiger partial charge in [0.15, 0.2) is 0 Å². The fraction of sp³-hybridized carbons (Fsp3) is 1.00. The fourth-order valence-corrected chi connectivity index (χ4v) is 0.530. The number of nitrogens with one attached hydrogen (secondary N) is 2. The van der Waals surface area contributed by atoms with E-state index in [0.717, 1.165) is 26.2 Å². The van der Waals surface area contributed by atoms with Crippen LogP contribution < -0.4 is 10.6 Å². The molecule has 0 amide bonds. The van der Waals surface area contributed by atoms with Crippen molar-refractivity contribution in [1.29, 1.82) is 0 Å². The van der Waals surface area contributed by atoms with E-state index in [0.29, 0.717) is 0 Å². The lowest BCUT2D eigenvalue weighted by molar-refractivity contribution is 0.641. The molecule has 10 heavy (non-hydrogen) atoms. The van der Waals surface area contributed by atoms with Gasteiger partial charge in [-0.15, -0.1) is 0 Å². The van der Waals surface area contributed by atoms with Crippen molar-refractivity contribution in [3.05, 3.63) is 0 Å². The molecule has 0 rings (SSSR count). The fourth-order valence-electron chi connectivity index (χ4n) is 0.530. The molecule has 0 aliphatic heterocycles. The Morgan fingerprint density at radius 3 is 1.30 bits per heavy atom. The molecule has 2 N–H and O–H groups in total. The van der Waals surface area contributed by atoms with Gasteiger partial charge in [0.1, 0.15) is 0 Å². The molecule has 0 bridgehead atoms. The smallest absolute Gasteiger partial charge is 0.00766 e. The molecule has 64 valence electrons. The molecule has 0 heterocycles. The van der Waals surface area contributed by atoms with Crippen LogP contribution in [0, 0.1) is 0 Å². The summed E-state index contributed by atoms with van der Waals surface area (Å²) in [5, 5.41) is 6.44. The molecule has 0 saturated heterocycles. The second kappa shape index (κ2) is 16.0. The lowest BCUT2D eigenvalue weighted by Gasteiger charge is -1.99. The van der Waals surface area contributed by atoms with Gasteiger partial charge in [-0.2, -0.15) is 0 Å². The van der Waals surface area contributed by atoms with Crippen LogP contribution in [0.5, 0.6) is 0 Å². The first kappa shape index (κ1) is 12.6. The molecule has 0 aliphatic rings. The number of hydrogen-bond acceptors (Lipinski definition) is 2. The van der Waals surface area contributed by atoms with E-state index in [9.17, 15) is 0 Å². The van der Waals surface area contributed by atoms with Gasteiger partial charge in [0.25, 0.3) is 0 Å². The minimum absolute atomic E-state index is 1.07. The highest BCUT2D eigenvalue weighted by Gasteiger charge is 1.79. The molecule has 0 saturated carbocycles. The highest BCUT2D eigenvalue weighted by atomic mass is 14.9. The number of hydrogen-bond donors (Lipinski definition) is 2. The summed E-state index contributed by atoms with van der Waals surface area (Å²) in [6.45, 7) is 12.6. The molecule has 0 radical (unpaired) electrons. The van der Waals surface area contributed by atoms with Crippen molar-refractivity contribution in [3.63, 3.8) is 0 Å². The molecule has 0 unspecified atom stereocenters. The summed E-state index contributed by atoms with van der Waals surface area (Å²) >= 11 is 0. The van der Waals surface area contributed by atoms with Crippen molar-refractivity contribution in [2.24, 2.45) is 0 Å². The molecule has 0 spiro atoms. The molecule has 0 aromatic heterocycles. The van der Waals surface area contributed by atoms with Gasteiger partial charge in [-0.25, -0.2) is 0 Å². The first-order valence-electron chi connectivity index (χ1n) is 4.33. The summed E-state index contributed by atoms with van der Waals surface area (Å²) in [4.78, 5) is 0. The minimum Gasteiger partial charge on any atom is -0.316 e. The Labute approximate surface area is 65.4 Å². The van der Waals surface area contributed by atoms with Gasteiger partial charge in [0.2, 0.25) is 0 Å². The van der Waals surface area contributed by atoms with Crippen molar-refractivity contribution in [2.45, 2.75) is 27.7 Å². The standard InChI is InChI=1S/C6H16N2.C2H6/c1-3-7-5-6-8-4-2;1-2/h7-8H,3-6H2,1-2H3;1-2H3. The van der Waals surface area contributed by atoms with E-state index in [-0.39, 0.29) is 0 Å². The summed E-state index contributed by atoms with van der Waals surface area (Å²) in [6.07, 6.45) is 0. The summed E-state index contributed by atoms with van der Waals surface area (Å²) in [5.41, 5.74) is 0. The second-order valence-corrected chi connectivity index (χ2v) is 1.71. The van der Waals surface area contributed by atoms with Crippen LogP contribution in [0.25, 0.3) is 0 Å². The Morgan fingerprint density at radius 1 is 0.800 bits per heavy atom. The maximum atomic E-state index is 3.22. The minimum atomic E-state index is 1.07. The maximum absolute atomic E-state index is 3.22. The van der Waals surface area contributed by atoms with Gasteiger partial charge in [0, 0.05) is 13.1 Å². The van der Waals surface area contributed by atoms with Crippen LogP contribution in [0.4, 0.5) is 0 Å². The largest absolute Gasteiger partial charge is 0.316 e. The highest BCUT2D eigenvalue weighted by Crippen LogP contribution is 1.56. The van der Waals surface area contributed by atoms with Crippen molar-refractivity contribution in [3.8, 4) is 0 Å². The van der Waals surface area contributed by atoms with Crippen LogP contribution >= 0.6 is 0 Å². The third kappa shape index (κ3) is 15.7. The molecule has 0 aromatic rings. The van der Waals surface area contributed by atoms with Gasteiger partial charge in [-0.1, -0.05) is 27.7 Å². The Balaban J connectivity index is 0. The van der Waals surface area contributed by atoms with Crippen molar-refractivity contribution >= 4 is 0 Å². The molecule has 0 atom stereocenters. The zero-order valence-electron chi connectivity index (χ0n) is 7.83. The summed E-state index contributed by atoms with van der Waals surface area (Å²) in [6, 6.07) is 0. The maximum Gasteiger partial charge on any atom is 0.00766 e. The van der Waals surface area contributed by atoms with Gasteiger partial charge in [-0.3, -0.25) is 0 Å². The van der Waals surface area contributed by atoms with Crippen molar-refractivity contribution in [1.82, 2.24) is 10.6 Å². The van der Waals surface area contributed by atoms with Crippen molar-refractivity contribution < 1.29 is 0 Å². The Kier molecular flexibility index (Phi) is 20.1.